The van der Waals surface area contributed by atoms with Crippen molar-refractivity contribution in [2.75, 3.05) is 5.43 Å². The predicted molar refractivity (Wildman–Crippen MR) is 95.7 cm³/mol. The zero-order chi connectivity index (χ0) is 16.0. The zero-order valence-corrected chi connectivity index (χ0v) is 14.6. The number of hydrogen-bond acceptors (Lipinski definition) is 4. The van der Waals surface area contributed by atoms with Crippen LogP contribution in [0.25, 0.3) is 10.8 Å². The molecule has 0 amide bonds. The highest BCUT2D eigenvalue weighted by Gasteiger charge is 2.28. The monoisotopic (exact) mass is 344 g/mol. The maximum absolute atomic E-state index is 6.57. The Hall–Kier alpha value is -1.72. The smallest absolute Gasteiger partial charge is 0.212 e. The molecule has 118 valence electrons. The highest BCUT2D eigenvalue weighted by Crippen LogP contribution is 2.42. The second-order valence-corrected chi connectivity index (χ2v) is 7.26. The van der Waals surface area contributed by atoms with Gasteiger partial charge in [-0.05, 0) is 41.8 Å². The van der Waals surface area contributed by atoms with Crippen LogP contribution in [0.4, 0.5) is 0 Å². The minimum atomic E-state index is 0.0634. The van der Waals surface area contributed by atoms with E-state index in [0.717, 1.165) is 34.4 Å². The first-order chi connectivity index (χ1) is 11.2. The van der Waals surface area contributed by atoms with Gasteiger partial charge in [-0.3, -0.25) is 0 Å². The maximum atomic E-state index is 6.57. The fraction of sp³-hybridized carbons (Fsp3) is 0.294. The minimum absolute atomic E-state index is 0.0634. The van der Waals surface area contributed by atoms with E-state index < -0.39 is 0 Å². The first kappa shape index (κ1) is 14.8. The van der Waals surface area contributed by atoms with E-state index in [1.807, 2.05) is 4.68 Å². The molecule has 1 N–H and O–H groups in total. The molecule has 6 heteroatoms. The lowest BCUT2D eigenvalue weighted by Gasteiger charge is -2.15. The van der Waals surface area contributed by atoms with Crippen LogP contribution in [0.5, 0.6) is 0 Å². The number of nitrogens with zero attached hydrogens (tertiary/aromatic N) is 3. The number of aromatic nitrogens is 3. The Morgan fingerprint density at radius 2 is 2.17 bits per heavy atom. The van der Waals surface area contributed by atoms with Crippen LogP contribution in [0.3, 0.4) is 0 Å². The van der Waals surface area contributed by atoms with Crippen LogP contribution in [-0.2, 0) is 6.42 Å². The molecule has 1 unspecified atom stereocenters. The van der Waals surface area contributed by atoms with Gasteiger partial charge in [0.05, 0.1) is 0 Å². The van der Waals surface area contributed by atoms with Crippen molar-refractivity contribution >= 4 is 34.1 Å². The van der Waals surface area contributed by atoms with Crippen molar-refractivity contribution in [1.29, 1.82) is 0 Å². The highest BCUT2D eigenvalue weighted by molar-refractivity contribution is 7.99. The van der Waals surface area contributed by atoms with Crippen LogP contribution in [0.2, 0.25) is 5.02 Å². The van der Waals surface area contributed by atoms with Crippen LogP contribution in [0.15, 0.2) is 35.5 Å². The molecule has 2 heterocycles. The topological polar surface area (TPSA) is 42.7 Å². The van der Waals surface area contributed by atoms with Gasteiger partial charge in [0.25, 0.3) is 0 Å². The van der Waals surface area contributed by atoms with Gasteiger partial charge in [0, 0.05) is 17.0 Å². The van der Waals surface area contributed by atoms with E-state index in [1.165, 1.54) is 16.3 Å². The molecule has 1 aliphatic heterocycles. The Balaban J connectivity index is 1.72. The number of thioether (sulfide) groups is 1. The lowest BCUT2D eigenvalue weighted by atomic mass is 10.0. The highest BCUT2D eigenvalue weighted by atomic mass is 35.5. The van der Waals surface area contributed by atoms with Crippen molar-refractivity contribution in [2.45, 2.75) is 37.2 Å². The molecule has 1 aromatic heterocycles. The molecule has 0 saturated carbocycles. The van der Waals surface area contributed by atoms with Gasteiger partial charge in [-0.2, -0.15) is 0 Å². The minimum Gasteiger partial charge on any atom is -0.304 e. The predicted octanol–water partition coefficient (Wildman–Crippen LogP) is 4.69. The maximum Gasteiger partial charge on any atom is 0.212 e. The van der Waals surface area contributed by atoms with E-state index in [4.69, 9.17) is 11.6 Å². The molecule has 0 fully saturated rings. The van der Waals surface area contributed by atoms with Crippen LogP contribution >= 0.6 is 23.4 Å². The molecular weight excluding hydrogens is 328 g/mol. The summed E-state index contributed by atoms with van der Waals surface area (Å²) >= 11 is 8.22. The number of nitrogens with one attached hydrogen (secondary N) is 1. The van der Waals surface area contributed by atoms with E-state index in [9.17, 15) is 0 Å². The first-order valence-electron chi connectivity index (χ1n) is 7.73. The van der Waals surface area contributed by atoms with E-state index >= 15 is 0 Å². The molecule has 23 heavy (non-hydrogen) atoms. The fourth-order valence-corrected chi connectivity index (χ4v) is 4.33. The number of aryl methyl sites for hydroxylation is 2. The molecule has 3 aromatic rings. The van der Waals surface area contributed by atoms with E-state index in [0.29, 0.717) is 0 Å². The molecule has 0 bridgehead atoms. The summed E-state index contributed by atoms with van der Waals surface area (Å²) in [4.78, 5) is 0. The summed E-state index contributed by atoms with van der Waals surface area (Å²) in [5.41, 5.74) is 5.80. The van der Waals surface area contributed by atoms with Crippen molar-refractivity contribution in [1.82, 2.24) is 14.9 Å². The molecule has 0 radical (unpaired) electrons. The molecule has 4 rings (SSSR count). The largest absolute Gasteiger partial charge is 0.304 e. The molecular formula is C17H17ClN4S. The van der Waals surface area contributed by atoms with E-state index in [2.05, 4.69) is 59.8 Å². The van der Waals surface area contributed by atoms with Gasteiger partial charge in [0.15, 0.2) is 5.82 Å². The lowest BCUT2D eigenvalue weighted by Crippen LogP contribution is -2.15. The number of fused-ring (bicyclic) bond motifs is 2. The first-order valence-corrected chi connectivity index (χ1v) is 8.99. The fourth-order valence-electron chi connectivity index (χ4n) is 2.95. The van der Waals surface area contributed by atoms with Crippen molar-refractivity contribution in [2.24, 2.45) is 0 Å². The summed E-state index contributed by atoms with van der Waals surface area (Å²) in [6.45, 7) is 4.25. The average Bonchev–Trinajstić information content (AvgIpc) is 3.10. The van der Waals surface area contributed by atoms with Crippen LogP contribution in [0.1, 0.15) is 35.7 Å². The Labute approximate surface area is 144 Å². The quantitative estimate of drug-likeness (QED) is 0.748. The van der Waals surface area contributed by atoms with Gasteiger partial charge in [-0.15, -0.1) is 10.2 Å². The molecule has 4 nitrogen and oxygen atoms in total. The van der Waals surface area contributed by atoms with Gasteiger partial charge >= 0.3 is 0 Å². The zero-order valence-electron chi connectivity index (χ0n) is 13.0. The molecule has 1 aliphatic rings. The third-order valence-electron chi connectivity index (χ3n) is 4.14. The number of benzene rings is 2. The van der Waals surface area contributed by atoms with Gasteiger partial charge in [-0.1, -0.05) is 48.5 Å². The Morgan fingerprint density at radius 1 is 1.30 bits per heavy atom. The molecule has 1 atom stereocenters. The number of rotatable bonds is 3. The normalized spacial score (nSPS) is 16.6. The standard InChI is InChI=1S/C17H17ClN4S/c1-3-5-15-19-20-17-22(15)21-16(23-17)13-8-11-7-4-6-10(2)12(11)9-14(13)18/h4,6-9,16,21H,3,5H2,1-2H3. The summed E-state index contributed by atoms with van der Waals surface area (Å²) in [6.07, 6.45) is 1.96. The van der Waals surface area contributed by atoms with Gasteiger partial charge in [0.2, 0.25) is 5.16 Å². The summed E-state index contributed by atoms with van der Waals surface area (Å²) in [5.74, 6) is 0.977. The Bertz CT molecular complexity index is 890. The molecule has 0 spiro atoms. The second kappa shape index (κ2) is 5.73. The summed E-state index contributed by atoms with van der Waals surface area (Å²) in [6, 6.07) is 10.6. The van der Waals surface area contributed by atoms with Crippen LogP contribution in [0, 0.1) is 6.92 Å². The van der Waals surface area contributed by atoms with Gasteiger partial charge < -0.3 is 5.43 Å². The summed E-state index contributed by atoms with van der Waals surface area (Å²) in [5, 5.41) is 12.7. The van der Waals surface area contributed by atoms with Gasteiger partial charge in [-0.25, -0.2) is 4.68 Å². The van der Waals surface area contributed by atoms with Crippen molar-refractivity contribution < 1.29 is 0 Å². The Kier molecular flexibility index (Phi) is 3.70. The van der Waals surface area contributed by atoms with Crippen LogP contribution in [-0.4, -0.2) is 14.9 Å². The second-order valence-electron chi connectivity index (χ2n) is 5.78. The Morgan fingerprint density at radius 3 is 3.00 bits per heavy atom. The molecule has 2 aromatic carbocycles. The van der Waals surface area contributed by atoms with Crippen molar-refractivity contribution in [3.63, 3.8) is 0 Å². The van der Waals surface area contributed by atoms with E-state index in [-0.39, 0.29) is 5.37 Å². The number of hydrogen-bond donors (Lipinski definition) is 1. The van der Waals surface area contributed by atoms with Crippen molar-refractivity contribution in [3.8, 4) is 0 Å². The third kappa shape index (κ3) is 2.48. The lowest BCUT2D eigenvalue weighted by molar-refractivity contribution is 0.715. The average molecular weight is 345 g/mol. The van der Waals surface area contributed by atoms with Gasteiger partial charge in [0.1, 0.15) is 5.37 Å². The van der Waals surface area contributed by atoms with Crippen LogP contribution < -0.4 is 5.43 Å². The number of halogens is 1. The summed E-state index contributed by atoms with van der Waals surface area (Å²) in [7, 11) is 0. The molecule has 0 saturated heterocycles. The van der Waals surface area contributed by atoms with E-state index in [1.54, 1.807) is 11.8 Å². The SMILES string of the molecule is CCCc1nnc2n1NC(c1cc3cccc(C)c3cc1Cl)S2. The summed E-state index contributed by atoms with van der Waals surface area (Å²) < 4.78 is 2.00. The molecule has 0 aliphatic carbocycles. The van der Waals surface area contributed by atoms with Crippen molar-refractivity contribution in [3.05, 3.63) is 52.3 Å². The third-order valence-corrected chi connectivity index (χ3v) is 5.54.